The monoisotopic (exact) mass is 380 g/mol. The van der Waals surface area contributed by atoms with Crippen LogP contribution in [0.5, 0.6) is 0 Å². The van der Waals surface area contributed by atoms with Crippen molar-refractivity contribution in [3.8, 4) is 0 Å². The number of sulfonamides is 1. The van der Waals surface area contributed by atoms with Gasteiger partial charge in [-0.15, -0.1) is 0 Å². The molecule has 1 unspecified atom stereocenters. The van der Waals surface area contributed by atoms with Crippen LogP contribution in [0.3, 0.4) is 0 Å². The minimum absolute atomic E-state index is 0.0254. The first-order valence-corrected chi connectivity index (χ1v) is 9.24. The molecule has 0 saturated carbocycles. The summed E-state index contributed by atoms with van der Waals surface area (Å²) in [6, 6.07) is 6.37. The molecule has 2 aromatic rings. The van der Waals surface area contributed by atoms with Crippen LogP contribution in [0.25, 0.3) is 0 Å². The molecule has 26 heavy (non-hydrogen) atoms. The lowest BCUT2D eigenvalue weighted by Crippen LogP contribution is -2.40. The molecule has 9 heteroatoms. The summed E-state index contributed by atoms with van der Waals surface area (Å²) in [5, 5.41) is 9.05. The van der Waals surface area contributed by atoms with Crippen molar-refractivity contribution in [3.63, 3.8) is 0 Å². The topological polar surface area (TPSA) is 117 Å². The summed E-state index contributed by atoms with van der Waals surface area (Å²) in [6.07, 6.45) is 1.44. The first kappa shape index (κ1) is 19.7. The molecule has 1 atom stereocenters. The summed E-state index contributed by atoms with van der Waals surface area (Å²) in [6.45, 7) is 3.00. The number of carbonyl (C=O) groups is 2. The predicted molar refractivity (Wildman–Crippen MR) is 93.1 cm³/mol. The number of amides is 1. The van der Waals surface area contributed by atoms with E-state index in [0.717, 1.165) is 4.90 Å². The SMILES string of the molecule is Cc1ccc(S(=O)(=O)NCc2ccco2)cc1C(=O)N(C)C(C)C(=O)O. The number of likely N-dealkylation sites (N-methyl/N-ethyl adjacent to an activating group) is 1. The highest BCUT2D eigenvalue weighted by atomic mass is 32.2. The van der Waals surface area contributed by atoms with Gasteiger partial charge in [0, 0.05) is 12.6 Å². The lowest BCUT2D eigenvalue weighted by Gasteiger charge is -2.22. The molecule has 1 heterocycles. The summed E-state index contributed by atoms with van der Waals surface area (Å²) in [7, 11) is -2.51. The molecule has 1 amide bonds. The first-order valence-electron chi connectivity index (χ1n) is 7.76. The molecular weight excluding hydrogens is 360 g/mol. The predicted octanol–water partition coefficient (Wildman–Crippen LogP) is 1.61. The largest absolute Gasteiger partial charge is 0.480 e. The maximum Gasteiger partial charge on any atom is 0.326 e. The van der Waals surface area contributed by atoms with E-state index < -0.39 is 27.9 Å². The number of hydrogen-bond acceptors (Lipinski definition) is 5. The highest BCUT2D eigenvalue weighted by Gasteiger charge is 2.25. The number of rotatable bonds is 7. The Kier molecular flexibility index (Phi) is 5.83. The number of benzene rings is 1. The lowest BCUT2D eigenvalue weighted by atomic mass is 10.1. The van der Waals surface area contributed by atoms with Gasteiger partial charge in [0.05, 0.1) is 17.7 Å². The Bertz CT molecular complexity index is 905. The third-order valence-corrected chi connectivity index (χ3v) is 5.42. The van der Waals surface area contributed by atoms with Crippen LogP contribution in [-0.2, 0) is 21.4 Å². The first-order chi connectivity index (χ1) is 12.1. The van der Waals surface area contributed by atoms with Crippen LogP contribution in [0.4, 0.5) is 0 Å². The lowest BCUT2D eigenvalue weighted by molar-refractivity contribution is -0.141. The smallest absolute Gasteiger partial charge is 0.326 e. The van der Waals surface area contributed by atoms with E-state index in [1.54, 1.807) is 19.1 Å². The normalized spacial score (nSPS) is 12.6. The molecule has 1 aromatic carbocycles. The summed E-state index contributed by atoms with van der Waals surface area (Å²) >= 11 is 0. The number of nitrogens with zero attached hydrogens (tertiary/aromatic N) is 1. The fraction of sp³-hybridized carbons (Fsp3) is 0.294. The molecule has 0 radical (unpaired) electrons. The summed E-state index contributed by atoms with van der Waals surface area (Å²) in [5.74, 6) is -1.27. The van der Waals surface area contributed by atoms with Gasteiger partial charge in [-0.1, -0.05) is 6.07 Å². The van der Waals surface area contributed by atoms with Gasteiger partial charge in [0.25, 0.3) is 5.91 Å². The zero-order valence-electron chi connectivity index (χ0n) is 14.6. The van der Waals surface area contributed by atoms with Crippen molar-refractivity contribution in [2.24, 2.45) is 0 Å². The van der Waals surface area contributed by atoms with E-state index in [1.807, 2.05) is 0 Å². The van der Waals surface area contributed by atoms with Crippen molar-refractivity contribution in [2.75, 3.05) is 7.05 Å². The molecule has 1 aromatic heterocycles. The summed E-state index contributed by atoms with van der Waals surface area (Å²) in [4.78, 5) is 24.6. The van der Waals surface area contributed by atoms with Crippen molar-refractivity contribution >= 4 is 21.9 Å². The molecule has 0 aliphatic heterocycles. The number of aryl methyl sites for hydroxylation is 1. The van der Waals surface area contributed by atoms with Gasteiger partial charge in [-0.05, 0) is 43.7 Å². The second-order valence-electron chi connectivity index (χ2n) is 5.81. The molecule has 0 aliphatic carbocycles. The van der Waals surface area contributed by atoms with Crippen LogP contribution < -0.4 is 4.72 Å². The summed E-state index contributed by atoms with van der Waals surface area (Å²) in [5.41, 5.74) is 0.672. The molecule has 0 fully saturated rings. The summed E-state index contributed by atoms with van der Waals surface area (Å²) < 4.78 is 32.4. The van der Waals surface area contributed by atoms with Crippen molar-refractivity contribution in [1.82, 2.24) is 9.62 Å². The van der Waals surface area contributed by atoms with Gasteiger partial charge < -0.3 is 14.4 Å². The van der Waals surface area contributed by atoms with Gasteiger partial charge in [0.1, 0.15) is 11.8 Å². The van der Waals surface area contributed by atoms with E-state index in [2.05, 4.69) is 4.72 Å². The maximum absolute atomic E-state index is 12.6. The van der Waals surface area contributed by atoms with Gasteiger partial charge in [-0.2, -0.15) is 0 Å². The Hall–Kier alpha value is -2.65. The standard InChI is InChI=1S/C17H20N2O6S/c1-11-6-7-14(26(23,24)18-10-13-5-4-8-25-13)9-15(11)16(20)19(3)12(2)17(21)22/h4-9,12,18H,10H2,1-3H3,(H,21,22). The van der Waals surface area contributed by atoms with Crippen molar-refractivity contribution in [3.05, 3.63) is 53.5 Å². The van der Waals surface area contributed by atoms with Crippen molar-refractivity contribution < 1.29 is 27.5 Å². The zero-order chi connectivity index (χ0) is 19.5. The Morgan fingerprint density at radius 2 is 2.00 bits per heavy atom. The molecule has 0 spiro atoms. The van der Waals surface area contributed by atoms with E-state index in [1.165, 1.54) is 38.4 Å². The third kappa shape index (κ3) is 4.30. The van der Waals surface area contributed by atoms with E-state index in [0.29, 0.717) is 11.3 Å². The number of nitrogens with one attached hydrogen (secondary N) is 1. The minimum Gasteiger partial charge on any atom is -0.480 e. The van der Waals surface area contributed by atoms with Crippen LogP contribution in [0.1, 0.15) is 28.6 Å². The average molecular weight is 380 g/mol. The van der Waals surface area contributed by atoms with E-state index >= 15 is 0 Å². The highest BCUT2D eigenvalue weighted by molar-refractivity contribution is 7.89. The fourth-order valence-electron chi connectivity index (χ4n) is 2.19. The van der Waals surface area contributed by atoms with Gasteiger partial charge in [0.2, 0.25) is 10.0 Å². The molecule has 0 aliphatic rings. The van der Waals surface area contributed by atoms with E-state index in [-0.39, 0.29) is 17.0 Å². The molecule has 140 valence electrons. The van der Waals surface area contributed by atoms with E-state index in [9.17, 15) is 18.0 Å². The minimum atomic E-state index is -3.87. The quantitative estimate of drug-likeness (QED) is 0.754. The fourth-order valence-corrected chi connectivity index (χ4v) is 3.21. The van der Waals surface area contributed by atoms with Gasteiger partial charge in [-0.25, -0.2) is 17.9 Å². The van der Waals surface area contributed by atoms with E-state index in [4.69, 9.17) is 9.52 Å². The Labute approximate surface area is 151 Å². The van der Waals surface area contributed by atoms with Crippen LogP contribution in [0.15, 0.2) is 45.9 Å². The van der Waals surface area contributed by atoms with Gasteiger partial charge in [0.15, 0.2) is 0 Å². The molecule has 0 saturated heterocycles. The van der Waals surface area contributed by atoms with Gasteiger partial charge in [-0.3, -0.25) is 4.79 Å². The van der Waals surface area contributed by atoms with Crippen molar-refractivity contribution in [2.45, 2.75) is 31.3 Å². The van der Waals surface area contributed by atoms with Gasteiger partial charge >= 0.3 is 5.97 Å². The second kappa shape index (κ2) is 7.71. The number of carboxylic acids is 1. The molecule has 2 N–H and O–H groups in total. The Morgan fingerprint density at radius 1 is 1.31 bits per heavy atom. The van der Waals surface area contributed by atoms with Crippen LogP contribution in [0, 0.1) is 6.92 Å². The Morgan fingerprint density at radius 3 is 2.58 bits per heavy atom. The second-order valence-corrected chi connectivity index (χ2v) is 7.58. The number of carboxylic acid groups (broad SMARTS) is 1. The molecule has 2 rings (SSSR count). The molecule has 0 bridgehead atoms. The van der Waals surface area contributed by atoms with Crippen LogP contribution >= 0.6 is 0 Å². The number of furan rings is 1. The number of hydrogen-bond donors (Lipinski definition) is 2. The number of carbonyl (C=O) groups excluding carboxylic acids is 1. The molecular formula is C17H20N2O6S. The molecule has 8 nitrogen and oxygen atoms in total. The van der Waals surface area contributed by atoms with Crippen LogP contribution in [0.2, 0.25) is 0 Å². The van der Waals surface area contributed by atoms with Crippen molar-refractivity contribution in [1.29, 1.82) is 0 Å². The maximum atomic E-state index is 12.6. The average Bonchev–Trinajstić information content (AvgIpc) is 3.12. The zero-order valence-corrected chi connectivity index (χ0v) is 15.4. The Balaban J connectivity index is 2.28. The highest BCUT2D eigenvalue weighted by Crippen LogP contribution is 2.18. The third-order valence-electron chi connectivity index (χ3n) is 4.02. The number of aliphatic carboxylic acids is 1. The van der Waals surface area contributed by atoms with Crippen LogP contribution in [-0.4, -0.2) is 43.4 Å².